The number of nitrogens with zero attached hydrogens (tertiary/aromatic N) is 1. The molecular formula is C13H13Cl3N2S. The number of rotatable bonds is 1. The van der Waals surface area contributed by atoms with Crippen LogP contribution in [0.3, 0.4) is 0 Å². The second-order valence-corrected chi connectivity index (χ2v) is 7.11. The maximum Gasteiger partial charge on any atom is 0.161 e. The lowest BCUT2D eigenvalue weighted by Crippen LogP contribution is -2.25. The van der Waals surface area contributed by atoms with Crippen molar-refractivity contribution >= 4 is 57.4 Å². The van der Waals surface area contributed by atoms with Crippen molar-refractivity contribution in [2.75, 3.05) is 11.1 Å². The Labute approximate surface area is 131 Å². The van der Waals surface area contributed by atoms with Gasteiger partial charge in [0.25, 0.3) is 0 Å². The van der Waals surface area contributed by atoms with Crippen LogP contribution in [0.25, 0.3) is 0 Å². The van der Waals surface area contributed by atoms with Crippen molar-refractivity contribution in [1.29, 1.82) is 0 Å². The minimum absolute atomic E-state index is 0.464. The molecular weight excluding hydrogens is 323 g/mol. The molecule has 0 aromatic heterocycles. The van der Waals surface area contributed by atoms with Crippen LogP contribution in [0.5, 0.6) is 0 Å². The molecule has 1 saturated carbocycles. The molecule has 2 nitrogen and oxygen atoms in total. The number of fused-ring (bicyclic) bond motifs is 1. The number of amidine groups is 1. The van der Waals surface area contributed by atoms with Crippen LogP contribution in [0.15, 0.2) is 17.1 Å². The van der Waals surface area contributed by atoms with E-state index < -0.39 is 0 Å². The molecule has 0 bridgehead atoms. The first-order valence-electron chi connectivity index (χ1n) is 6.25. The van der Waals surface area contributed by atoms with E-state index in [0.717, 1.165) is 22.5 Å². The number of nitrogens with one attached hydrogen (secondary N) is 1. The minimum Gasteiger partial charge on any atom is -0.334 e. The van der Waals surface area contributed by atoms with Crippen LogP contribution in [0.4, 0.5) is 5.69 Å². The predicted octanol–water partition coefficient (Wildman–Crippen LogP) is 5.33. The molecule has 1 aromatic rings. The van der Waals surface area contributed by atoms with Gasteiger partial charge in [-0.15, -0.1) is 0 Å². The summed E-state index contributed by atoms with van der Waals surface area (Å²) in [5, 5.41) is 5.72. The molecule has 1 fully saturated rings. The first kappa shape index (κ1) is 13.9. The fraction of sp³-hybridized carbons (Fsp3) is 0.462. The van der Waals surface area contributed by atoms with Crippen molar-refractivity contribution in [3.63, 3.8) is 0 Å². The molecule has 1 N–H and O–H groups in total. The first-order chi connectivity index (χ1) is 9.13. The maximum absolute atomic E-state index is 6.16. The highest BCUT2D eigenvalue weighted by atomic mass is 35.5. The van der Waals surface area contributed by atoms with Crippen LogP contribution in [-0.2, 0) is 0 Å². The van der Waals surface area contributed by atoms with Crippen molar-refractivity contribution in [3.8, 4) is 0 Å². The molecule has 102 valence electrons. The minimum atomic E-state index is 0.464. The van der Waals surface area contributed by atoms with Crippen LogP contribution in [0, 0.1) is 5.92 Å². The molecule has 0 saturated heterocycles. The van der Waals surface area contributed by atoms with Crippen molar-refractivity contribution in [2.24, 2.45) is 10.9 Å². The third-order valence-electron chi connectivity index (χ3n) is 3.59. The third kappa shape index (κ3) is 2.99. The van der Waals surface area contributed by atoms with Crippen LogP contribution in [0.1, 0.15) is 19.3 Å². The van der Waals surface area contributed by atoms with Gasteiger partial charge in [-0.2, -0.15) is 0 Å². The number of hydrogen-bond acceptors (Lipinski definition) is 3. The highest BCUT2D eigenvalue weighted by molar-refractivity contribution is 8.14. The molecule has 0 amide bonds. The maximum atomic E-state index is 6.16. The van der Waals surface area contributed by atoms with Gasteiger partial charge in [0.1, 0.15) is 0 Å². The predicted molar refractivity (Wildman–Crippen MR) is 86.1 cm³/mol. The molecule has 1 aliphatic heterocycles. The van der Waals surface area contributed by atoms with E-state index in [1.54, 1.807) is 23.9 Å². The standard InChI is InChI=1S/C13H13Cl3N2S/c14-8-4-10(16)12(5-9(8)15)18-13-17-11-3-1-2-7(11)6-19-13/h4-5,7,11H,1-3,6H2,(H,17,18). The summed E-state index contributed by atoms with van der Waals surface area (Å²) in [6.07, 6.45) is 3.80. The summed E-state index contributed by atoms with van der Waals surface area (Å²) >= 11 is 19.9. The Balaban J connectivity index is 1.80. The summed E-state index contributed by atoms with van der Waals surface area (Å²) in [5.74, 6) is 1.88. The molecule has 19 heavy (non-hydrogen) atoms. The quantitative estimate of drug-likeness (QED) is 0.701. The van der Waals surface area contributed by atoms with Gasteiger partial charge in [0.2, 0.25) is 0 Å². The average molecular weight is 336 g/mol. The van der Waals surface area contributed by atoms with Gasteiger partial charge in [0, 0.05) is 5.75 Å². The number of benzene rings is 1. The Morgan fingerprint density at radius 1 is 1.11 bits per heavy atom. The lowest BCUT2D eigenvalue weighted by Gasteiger charge is -2.23. The largest absolute Gasteiger partial charge is 0.334 e. The number of anilines is 1. The zero-order valence-corrected chi connectivity index (χ0v) is 13.2. The second kappa shape index (κ2) is 5.72. The Morgan fingerprint density at radius 3 is 2.74 bits per heavy atom. The van der Waals surface area contributed by atoms with Gasteiger partial charge in [-0.3, -0.25) is 4.99 Å². The van der Waals surface area contributed by atoms with Crippen molar-refractivity contribution < 1.29 is 0 Å². The van der Waals surface area contributed by atoms with Gasteiger partial charge >= 0.3 is 0 Å². The molecule has 0 spiro atoms. The normalized spacial score (nSPS) is 25.9. The third-order valence-corrected chi connectivity index (χ3v) is 5.70. The van der Waals surface area contributed by atoms with E-state index in [1.807, 2.05) is 0 Å². The highest BCUT2D eigenvalue weighted by Crippen LogP contribution is 2.37. The summed E-state index contributed by atoms with van der Waals surface area (Å²) in [6, 6.07) is 3.88. The fourth-order valence-corrected chi connectivity index (χ4v) is 4.30. The Hall–Kier alpha value is -0.0900. The van der Waals surface area contributed by atoms with Crippen molar-refractivity contribution in [2.45, 2.75) is 25.3 Å². The van der Waals surface area contributed by atoms with Gasteiger partial charge in [-0.1, -0.05) is 53.0 Å². The topological polar surface area (TPSA) is 24.4 Å². The van der Waals surface area contributed by atoms with Gasteiger partial charge in [-0.05, 0) is 30.9 Å². The van der Waals surface area contributed by atoms with E-state index >= 15 is 0 Å². The highest BCUT2D eigenvalue weighted by Gasteiger charge is 2.31. The summed E-state index contributed by atoms with van der Waals surface area (Å²) < 4.78 is 0. The van der Waals surface area contributed by atoms with Crippen LogP contribution in [0.2, 0.25) is 15.1 Å². The van der Waals surface area contributed by atoms with Gasteiger partial charge in [-0.25, -0.2) is 0 Å². The monoisotopic (exact) mass is 334 g/mol. The van der Waals surface area contributed by atoms with Gasteiger partial charge < -0.3 is 5.32 Å². The number of thioether (sulfide) groups is 1. The zero-order valence-electron chi connectivity index (χ0n) is 10.1. The zero-order chi connectivity index (χ0) is 13.4. The number of hydrogen-bond donors (Lipinski definition) is 1. The molecule has 0 radical (unpaired) electrons. The molecule has 2 aliphatic rings. The molecule has 1 heterocycles. The molecule has 6 heteroatoms. The van der Waals surface area contributed by atoms with E-state index in [1.165, 1.54) is 19.3 Å². The number of halogens is 3. The summed E-state index contributed by atoms with van der Waals surface area (Å²) in [7, 11) is 0. The summed E-state index contributed by atoms with van der Waals surface area (Å²) in [5.41, 5.74) is 0.763. The molecule has 1 aromatic carbocycles. The molecule has 2 unspecified atom stereocenters. The average Bonchev–Trinajstić information content (AvgIpc) is 2.83. The molecule has 1 aliphatic carbocycles. The van der Waals surface area contributed by atoms with Crippen molar-refractivity contribution in [1.82, 2.24) is 0 Å². The smallest absolute Gasteiger partial charge is 0.161 e. The Bertz CT molecular complexity index is 533. The van der Waals surface area contributed by atoms with E-state index in [9.17, 15) is 0 Å². The lowest BCUT2D eigenvalue weighted by molar-refractivity contribution is 0.535. The van der Waals surface area contributed by atoms with Crippen LogP contribution >= 0.6 is 46.6 Å². The fourth-order valence-electron chi connectivity index (χ4n) is 2.56. The van der Waals surface area contributed by atoms with E-state index in [4.69, 9.17) is 39.8 Å². The second-order valence-electron chi connectivity index (χ2n) is 4.87. The lowest BCUT2D eigenvalue weighted by atomic mass is 10.1. The van der Waals surface area contributed by atoms with Crippen LogP contribution in [-0.4, -0.2) is 17.0 Å². The van der Waals surface area contributed by atoms with E-state index in [-0.39, 0.29) is 0 Å². The van der Waals surface area contributed by atoms with Gasteiger partial charge in [0.15, 0.2) is 5.17 Å². The Kier molecular flexibility index (Phi) is 4.18. The number of aliphatic imine (C=N–C) groups is 1. The van der Waals surface area contributed by atoms with Gasteiger partial charge in [0.05, 0.1) is 26.8 Å². The van der Waals surface area contributed by atoms with E-state index in [2.05, 4.69) is 5.32 Å². The molecule has 3 rings (SSSR count). The summed E-state index contributed by atoms with van der Waals surface area (Å²) in [4.78, 5) is 4.77. The van der Waals surface area contributed by atoms with Crippen LogP contribution < -0.4 is 5.32 Å². The SMILES string of the molecule is Clc1cc(Cl)c(NC2=NC3CCCC3CS2)cc1Cl. The van der Waals surface area contributed by atoms with E-state index in [0.29, 0.717) is 21.1 Å². The van der Waals surface area contributed by atoms with Crippen molar-refractivity contribution in [3.05, 3.63) is 27.2 Å². The molecule has 2 atom stereocenters. The summed E-state index contributed by atoms with van der Waals surface area (Å²) in [6.45, 7) is 0. The Morgan fingerprint density at radius 2 is 1.89 bits per heavy atom. The first-order valence-corrected chi connectivity index (χ1v) is 8.37.